The number of benzene rings is 1. The third kappa shape index (κ3) is 3.69. The zero-order chi connectivity index (χ0) is 17.1. The Kier molecular flexibility index (Phi) is 5.03. The van der Waals surface area contributed by atoms with Gasteiger partial charge >= 0.3 is 0 Å². The summed E-state index contributed by atoms with van der Waals surface area (Å²) in [6, 6.07) is 6.33. The van der Waals surface area contributed by atoms with Crippen LogP contribution in [0.3, 0.4) is 0 Å². The predicted octanol–water partition coefficient (Wildman–Crippen LogP) is 2.83. The fraction of sp³-hybridized carbons (Fsp3) is 0.500. The standard InChI is InChI=1S/C20H26N2O2/c1-15-8-9-17(12-16(15)2)13-21-10-11-22(14-19(21)23)20(24)18-6-4-3-5-7-18/h3-4,8-9,12,18H,5-7,10-11,13-14H2,1-2H3/t18-/m1/s1. The van der Waals surface area contributed by atoms with Crippen LogP contribution in [0.4, 0.5) is 0 Å². The van der Waals surface area contributed by atoms with Gasteiger partial charge in [-0.1, -0.05) is 30.4 Å². The van der Waals surface area contributed by atoms with Gasteiger partial charge in [-0.15, -0.1) is 0 Å². The maximum Gasteiger partial charge on any atom is 0.242 e. The maximum atomic E-state index is 12.6. The molecule has 1 saturated heterocycles. The van der Waals surface area contributed by atoms with Crippen LogP contribution in [0.5, 0.6) is 0 Å². The normalized spacial score (nSPS) is 21.2. The predicted molar refractivity (Wildman–Crippen MR) is 94.4 cm³/mol. The van der Waals surface area contributed by atoms with E-state index in [9.17, 15) is 9.59 Å². The third-order valence-electron chi connectivity index (χ3n) is 5.19. The summed E-state index contributed by atoms with van der Waals surface area (Å²) in [5, 5.41) is 0. The average Bonchev–Trinajstić information content (AvgIpc) is 2.60. The van der Waals surface area contributed by atoms with Crippen LogP contribution in [0.25, 0.3) is 0 Å². The van der Waals surface area contributed by atoms with Crippen molar-refractivity contribution in [1.29, 1.82) is 0 Å². The lowest BCUT2D eigenvalue weighted by atomic mass is 9.93. The zero-order valence-electron chi connectivity index (χ0n) is 14.6. The van der Waals surface area contributed by atoms with Crippen molar-refractivity contribution < 1.29 is 9.59 Å². The Hall–Kier alpha value is -2.10. The first-order valence-corrected chi connectivity index (χ1v) is 8.82. The quantitative estimate of drug-likeness (QED) is 0.802. The number of carbonyl (C=O) groups is 2. The molecule has 1 heterocycles. The Morgan fingerprint density at radius 1 is 1.17 bits per heavy atom. The third-order valence-corrected chi connectivity index (χ3v) is 5.19. The number of nitrogens with zero attached hydrogens (tertiary/aromatic N) is 2. The summed E-state index contributed by atoms with van der Waals surface area (Å²) in [6.45, 7) is 6.32. The smallest absolute Gasteiger partial charge is 0.242 e. The molecule has 24 heavy (non-hydrogen) atoms. The van der Waals surface area contributed by atoms with Crippen molar-refractivity contribution >= 4 is 11.8 Å². The lowest BCUT2D eigenvalue weighted by Crippen LogP contribution is -2.53. The van der Waals surface area contributed by atoms with Crippen LogP contribution in [0.15, 0.2) is 30.4 Å². The van der Waals surface area contributed by atoms with E-state index in [0.29, 0.717) is 19.6 Å². The molecule has 1 aliphatic heterocycles. The summed E-state index contributed by atoms with van der Waals surface area (Å²) in [6.07, 6.45) is 6.92. The number of allylic oxidation sites excluding steroid dienone is 2. The Balaban J connectivity index is 1.58. The second-order valence-electron chi connectivity index (χ2n) is 6.98. The van der Waals surface area contributed by atoms with Crippen LogP contribution in [-0.4, -0.2) is 41.2 Å². The van der Waals surface area contributed by atoms with Crippen LogP contribution in [0.2, 0.25) is 0 Å². The molecule has 0 bridgehead atoms. The lowest BCUT2D eigenvalue weighted by molar-refractivity contribution is -0.148. The number of piperazine rings is 1. The SMILES string of the molecule is Cc1ccc(CN2CCN(C(=O)[C@@H]3CC=CCC3)CC2=O)cc1C. The van der Waals surface area contributed by atoms with E-state index in [4.69, 9.17) is 0 Å². The van der Waals surface area contributed by atoms with E-state index in [0.717, 1.165) is 24.8 Å². The Bertz CT molecular complexity index is 666. The first-order chi connectivity index (χ1) is 11.5. The summed E-state index contributed by atoms with van der Waals surface area (Å²) in [5.74, 6) is 0.270. The van der Waals surface area contributed by atoms with Gasteiger partial charge in [0.2, 0.25) is 11.8 Å². The highest BCUT2D eigenvalue weighted by Gasteiger charge is 2.31. The summed E-state index contributed by atoms with van der Waals surface area (Å²) in [5.41, 5.74) is 3.67. The fourth-order valence-electron chi connectivity index (χ4n) is 3.46. The van der Waals surface area contributed by atoms with Crippen molar-refractivity contribution in [2.75, 3.05) is 19.6 Å². The average molecular weight is 326 g/mol. The van der Waals surface area contributed by atoms with Crippen molar-refractivity contribution in [1.82, 2.24) is 9.80 Å². The zero-order valence-corrected chi connectivity index (χ0v) is 14.6. The van der Waals surface area contributed by atoms with Gasteiger partial charge in [-0.25, -0.2) is 0 Å². The Morgan fingerprint density at radius 2 is 2.00 bits per heavy atom. The van der Waals surface area contributed by atoms with Gasteiger partial charge in [-0.05, 0) is 49.8 Å². The number of hydrogen-bond acceptors (Lipinski definition) is 2. The number of rotatable bonds is 3. The summed E-state index contributed by atoms with van der Waals surface area (Å²) < 4.78 is 0. The van der Waals surface area contributed by atoms with Gasteiger partial charge in [0.15, 0.2) is 0 Å². The number of carbonyl (C=O) groups excluding carboxylic acids is 2. The molecule has 1 aromatic rings. The highest BCUT2D eigenvalue weighted by Crippen LogP contribution is 2.22. The molecule has 1 atom stereocenters. The van der Waals surface area contributed by atoms with E-state index in [1.807, 2.05) is 4.90 Å². The van der Waals surface area contributed by atoms with E-state index in [1.165, 1.54) is 11.1 Å². The molecular formula is C20H26N2O2. The van der Waals surface area contributed by atoms with E-state index in [2.05, 4.69) is 44.2 Å². The van der Waals surface area contributed by atoms with Crippen LogP contribution in [0.1, 0.15) is 36.0 Å². The van der Waals surface area contributed by atoms with Crippen molar-refractivity contribution in [3.63, 3.8) is 0 Å². The van der Waals surface area contributed by atoms with Crippen molar-refractivity contribution in [2.24, 2.45) is 5.92 Å². The minimum absolute atomic E-state index is 0.0548. The second kappa shape index (κ2) is 7.20. The maximum absolute atomic E-state index is 12.6. The van der Waals surface area contributed by atoms with Gasteiger partial charge in [0.1, 0.15) is 0 Å². The molecule has 4 heteroatoms. The topological polar surface area (TPSA) is 40.6 Å². The molecule has 0 unspecified atom stereocenters. The molecule has 0 radical (unpaired) electrons. The second-order valence-corrected chi connectivity index (χ2v) is 6.98. The van der Waals surface area contributed by atoms with Gasteiger partial charge in [0.05, 0.1) is 6.54 Å². The molecule has 1 fully saturated rings. The number of amides is 2. The van der Waals surface area contributed by atoms with Gasteiger partial charge in [0, 0.05) is 25.6 Å². The Labute approximate surface area is 144 Å². The molecule has 0 saturated carbocycles. The molecule has 4 nitrogen and oxygen atoms in total. The molecule has 0 aromatic heterocycles. The molecule has 0 N–H and O–H groups in total. The fourth-order valence-corrected chi connectivity index (χ4v) is 3.46. The highest BCUT2D eigenvalue weighted by molar-refractivity contribution is 5.87. The molecule has 0 spiro atoms. The van der Waals surface area contributed by atoms with Gasteiger partial charge < -0.3 is 9.80 Å². The molecular weight excluding hydrogens is 300 g/mol. The molecule has 1 aromatic carbocycles. The monoisotopic (exact) mass is 326 g/mol. The summed E-state index contributed by atoms with van der Waals surface area (Å²) in [7, 11) is 0. The van der Waals surface area contributed by atoms with Gasteiger partial charge in [0.25, 0.3) is 0 Å². The van der Waals surface area contributed by atoms with E-state index < -0.39 is 0 Å². The van der Waals surface area contributed by atoms with E-state index in [1.54, 1.807) is 4.90 Å². The van der Waals surface area contributed by atoms with Crippen LogP contribution < -0.4 is 0 Å². The molecule has 3 rings (SSSR count). The largest absolute Gasteiger partial charge is 0.335 e. The molecule has 128 valence electrons. The summed E-state index contributed by atoms with van der Waals surface area (Å²) >= 11 is 0. The van der Waals surface area contributed by atoms with Crippen LogP contribution in [-0.2, 0) is 16.1 Å². The van der Waals surface area contributed by atoms with Crippen molar-refractivity contribution in [3.8, 4) is 0 Å². The van der Waals surface area contributed by atoms with Gasteiger partial charge in [-0.2, -0.15) is 0 Å². The first kappa shape index (κ1) is 16.7. The minimum atomic E-state index is 0.0548. The molecule has 2 aliphatic rings. The van der Waals surface area contributed by atoms with Crippen LogP contribution in [0, 0.1) is 19.8 Å². The van der Waals surface area contributed by atoms with Gasteiger partial charge in [-0.3, -0.25) is 9.59 Å². The summed E-state index contributed by atoms with van der Waals surface area (Å²) in [4.78, 5) is 28.7. The first-order valence-electron chi connectivity index (χ1n) is 8.82. The van der Waals surface area contributed by atoms with Crippen LogP contribution >= 0.6 is 0 Å². The minimum Gasteiger partial charge on any atom is -0.335 e. The van der Waals surface area contributed by atoms with Crippen molar-refractivity contribution in [3.05, 3.63) is 47.0 Å². The molecule has 2 amide bonds. The Morgan fingerprint density at radius 3 is 2.67 bits per heavy atom. The van der Waals surface area contributed by atoms with E-state index in [-0.39, 0.29) is 24.3 Å². The lowest BCUT2D eigenvalue weighted by Gasteiger charge is -2.36. The van der Waals surface area contributed by atoms with E-state index >= 15 is 0 Å². The van der Waals surface area contributed by atoms with Crippen molar-refractivity contribution in [2.45, 2.75) is 39.7 Å². The number of hydrogen-bond donors (Lipinski definition) is 0. The number of aryl methyl sites for hydroxylation is 2. The molecule has 1 aliphatic carbocycles. The highest BCUT2D eigenvalue weighted by atomic mass is 16.2.